The summed E-state index contributed by atoms with van der Waals surface area (Å²) in [6.45, 7) is 5.70. The van der Waals surface area contributed by atoms with Crippen LogP contribution in [0.1, 0.15) is 33.6 Å². The van der Waals surface area contributed by atoms with E-state index in [1.165, 1.54) is 0 Å². The molecule has 0 aliphatic rings. The van der Waals surface area contributed by atoms with Crippen LogP contribution >= 0.6 is 0 Å². The second-order valence-electron chi connectivity index (χ2n) is 3.01. The largest absolute Gasteiger partial charge is 0.392 e. The van der Waals surface area contributed by atoms with E-state index < -0.39 is 5.72 Å². The Morgan fingerprint density at radius 2 is 1.75 bits per heavy atom. The first-order valence-corrected chi connectivity index (χ1v) is 4.26. The van der Waals surface area contributed by atoms with Crippen molar-refractivity contribution < 1.29 is 10.2 Å². The Kier molecular flexibility index (Phi) is 8.97. The molecule has 0 bridgehead atoms. The number of nitrogens with two attached hydrogens (primary N) is 2. The van der Waals surface area contributed by atoms with Crippen LogP contribution in [0.15, 0.2) is 0 Å². The second-order valence-corrected chi connectivity index (χ2v) is 3.01. The predicted molar refractivity (Wildman–Crippen MR) is 50.5 cm³/mol. The Balaban J connectivity index is 0. The molecule has 4 nitrogen and oxygen atoms in total. The second kappa shape index (κ2) is 7.49. The van der Waals surface area contributed by atoms with Crippen molar-refractivity contribution in [3.8, 4) is 0 Å². The van der Waals surface area contributed by atoms with Gasteiger partial charge < -0.3 is 21.7 Å². The summed E-state index contributed by atoms with van der Waals surface area (Å²) in [7, 11) is 0. The molecule has 0 aromatic heterocycles. The summed E-state index contributed by atoms with van der Waals surface area (Å²) in [4.78, 5) is 0. The van der Waals surface area contributed by atoms with E-state index >= 15 is 0 Å². The lowest BCUT2D eigenvalue weighted by molar-refractivity contribution is 0.0632. The molecule has 0 rings (SSSR count). The van der Waals surface area contributed by atoms with Gasteiger partial charge in [0.1, 0.15) is 5.72 Å². The summed E-state index contributed by atoms with van der Waals surface area (Å²) in [5.74, 6) is 0. The molecule has 2 atom stereocenters. The van der Waals surface area contributed by atoms with Gasteiger partial charge in [-0.25, -0.2) is 0 Å². The summed E-state index contributed by atoms with van der Waals surface area (Å²) >= 11 is 0. The Morgan fingerprint density at radius 1 is 1.42 bits per heavy atom. The van der Waals surface area contributed by atoms with Gasteiger partial charge in [-0.2, -0.15) is 0 Å². The highest BCUT2D eigenvalue weighted by Crippen LogP contribution is 1.94. The van der Waals surface area contributed by atoms with Crippen LogP contribution in [0, 0.1) is 0 Å². The van der Waals surface area contributed by atoms with Gasteiger partial charge in [0.15, 0.2) is 0 Å². The summed E-state index contributed by atoms with van der Waals surface area (Å²) in [5.41, 5.74) is 9.16. The van der Waals surface area contributed by atoms with Crippen LogP contribution in [0.5, 0.6) is 0 Å². The van der Waals surface area contributed by atoms with Crippen LogP contribution in [-0.2, 0) is 0 Å². The third-order valence-electron chi connectivity index (χ3n) is 1.46. The van der Waals surface area contributed by atoms with Crippen LogP contribution in [0.4, 0.5) is 0 Å². The topological polar surface area (TPSA) is 92.5 Å². The summed E-state index contributed by atoms with van der Waals surface area (Å²) in [6, 6.07) is 0. The minimum absolute atomic E-state index is 0.287. The summed E-state index contributed by atoms with van der Waals surface area (Å²) < 4.78 is 0. The monoisotopic (exact) mass is 178 g/mol. The Hall–Kier alpha value is -0.160. The molecule has 0 saturated heterocycles. The van der Waals surface area contributed by atoms with Crippen LogP contribution < -0.4 is 11.5 Å². The molecule has 2 unspecified atom stereocenters. The average molecular weight is 178 g/mol. The SMILES string of the molecule is CCC(C)(N)O.CCC(O)CN. The van der Waals surface area contributed by atoms with Crippen LogP contribution in [0.3, 0.4) is 0 Å². The third-order valence-corrected chi connectivity index (χ3v) is 1.46. The van der Waals surface area contributed by atoms with Gasteiger partial charge in [-0.05, 0) is 19.8 Å². The molecule has 12 heavy (non-hydrogen) atoms. The molecule has 0 heterocycles. The van der Waals surface area contributed by atoms with Gasteiger partial charge in [-0.1, -0.05) is 13.8 Å². The van der Waals surface area contributed by atoms with E-state index in [2.05, 4.69) is 0 Å². The first-order valence-electron chi connectivity index (χ1n) is 4.26. The van der Waals surface area contributed by atoms with Crippen molar-refractivity contribution in [2.75, 3.05) is 6.54 Å². The molecule has 0 radical (unpaired) electrons. The molecule has 6 N–H and O–H groups in total. The molecular weight excluding hydrogens is 156 g/mol. The predicted octanol–water partition coefficient (Wildman–Crippen LogP) is -0.220. The molecule has 4 heteroatoms. The molecule has 0 saturated carbocycles. The minimum atomic E-state index is -0.958. The molecular formula is C8H22N2O2. The lowest BCUT2D eigenvalue weighted by Gasteiger charge is -2.11. The number of hydrogen-bond acceptors (Lipinski definition) is 4. The normalized spacial score (nSPS) is 17.2. The molecule has 0 aliphatic heterocycles. The van der Waals surface area contributed by atoms with Gasteiger partial charge >= 0.3 is 0 Å². The van der Waals surface area contributed by atoms with Gasteiger partial charge in [0, 0.05) is 6.54 Å². The van der Waals surface area contributed by atoms with Gasteiger partial charge in [0.2, 0.25) is 0 Å². The fourth-order valence-corrected chi connectivity index (χ4v) is 0.167. The van der Waals surface area contributed by atoms with Gasteiger partial charge in [0.25, 0.3) is 0 Å². The van der Waals surface area contributed by atoms with E-state index in [4.69, 9.17) is 21.7 Å². The maximum absolute atomic E-state index is 8.60. The Morgan fingerprint density at radius 3 is 1.75 bits per heavy atom. The standard InChI is InChI=1S/2C4H11NO/c1-3-4(2,5)6;1-2-4(6)3-5/h6H,3,5H2,1-2H3;4,6H,2-3,5H2,1H3. The molecule has 0 spiro atoms. The van der Waals surface area contributed by atoms with Crippen molar-refractivity contribution in [3.63, 3.8) is 0 Å². The highest BCUT2D eigenvalue weighted by molar-refractivity contribution is 4.56. The lowest BCUT2D eigenvalue weighted by Crippen LogP contribution is -2.34. The molecule has 0 fully saturated rings. The zero-order chi connectivity index (χ0) is 10.2. The van der Waals surface area contributed by atoms with Crippen molar-refractivity contribution in [1.29, 1.82) is 0 Å². The summed E-state index contributed by atoms with van der Waals surface area (Å²) in [5, 5.41) is 17.1. The van der Waals surface area contributed by atoms with E-state index in [-0.39, 0.29) is 6.10 Å². The van der Waals surface area contributed by atoms with Crippen LogP contribution in [0.2, 0.25) is 0 Å². The quantitative estimate of drug-likeness (QED) is 0.449. The van der Waals surface area contributed by atoms with E-state index in [1.54, 1.807) is 6.92 Å². The van der Waals surface area contributed by atoms with Gasteiger partial charge in [-0.15, -0.1) is 0 Å². The van der Waals surface area contributed by atoms with E-state index in [0.717, 1.165) is 6.42 Å². The fourth-order valence-electron chi connectivity index (χ4n) is 0.167. The molecule has 0 aromatic rings. The zero-order valence-electron chi connectivity index (χ0n) is 8.25. The van der Waals surface area contributed by atoms with E-state index in [9.17, 15) is 0 Å². The van der Waals surface area contributed by atoms with Gasteiger partial charge in [0.05, 0.1) is 6.10 Å². The molecule has 0 aromatic carbocycles. The third kappa shape index (κ3) is 16.4. The minimum Gasteiger partial charge on any atom is -0.392 e. The maximum atomic E-state index is 8.60. The van der Waals surface area contributed by atoms with E-state index in [0.29, 0.717) is 13.0 Å². The lowest BCUT2D eigenvalue weighted by atomic mass is 10.2. The molecule has 0 amide bonds. The average Bonchev–Trinajstić information content (AvgIpc) is 2.03. The highest BCUT2D eigenvalue weighted by Gasteiger charge is 2.06. The number of hydrogen-bond donors (Lipinski definition) is 4. The molecule has 0 aliphatic carbocycles. The number of aliphatic hydroxyl groups excluding tert-OH is 1. The first-order chi connectivity index (χ1) is 5.37. The van der Waals surface area contributed by atoms with Crippen molar-refractivity contribution in [2.45, 2.75) is 45.4 Å². The fraction of sp³-hybridized carbons (Fsp3) is 1.00. The highest BCUT2D eigenvalue weighted by atomic mass is 16.3. The van der Waals surface area contributed by atoms with Gasteiger partial charge in [-0.3, -0.25) is 0 Å². The number of aliphatic hydroxyl groups is 2. The van der Waals surface area contributed by atoms with Crippen molar-refractivity contribution >= 4 is 0 Å². The smallest absolute Gasteiger partial charge is 0.110 e. The van der Waals surface area contributed by atoms with Crippen molar-refractivity contribution in [2.24, 2.45) is 11.5 Å². The Bertz CT molecular complexity index is 87.5. The zero-order valence-corrected chi connectivity index (χ0v) is 8.25. The molecule has 76 valence electrons. The first kappa shape index (κ1) is 14.4. The van der Waals surface area contributed by atoms with Crippen molar-refractivity contribution in [3.05, 3.63) is 0 Å². The maximum Gasteiger partial charge on any atom is 0.110 e. The van der Waals surface area contributed by atoms with E-state index in [1.807, 2.05) is 13.8 Å². The Labute approximate surface area is 74.6 Å². The number of rotatable bonds is 3. The van der Waals surface area contributed by atoms with Crippen molar-refractivity contribution in [1.82, 2.24) is 0 Å². The van der Waals surface area contributed by atoms with Crippen LogP contribution in [0.25, 0.3) is 0 Å². The summed E-state index contributed by atoms with van der Waals surface area (Å²) in [6.07, 6.45) is 1.08. The van der Waals surface area contributed by atoms with Crippen LogP contribution in [-0.4, -0.2) is 28.6 Å².